The van der Waals surface area contributed by atoms with Crippen LogP contribution in [-0.2, 0) is 0 Å². The van der Waals surface area contributed by atoms with E-state index in [-0.39, 0.29) is 0 Å². The van der Waals surface area contributed by atoms with E-state index < -0.39 is 0 Å². The van der Waals surface area contributed by atoms with Gasteiger partial charge in [-0.05, 0) is 18.6 Å². The van der Waals surface area contributed by atoms with Crippen LogP contribution in [0.15, 0.2) is 0 Å². The topological polar surface area (TPSA) is 3.24 Å². The summed E-state index contributed by atoms with van der Waals surface area (Å²) in [6.07, 6.45) is 4.94. The maximum Gasteiger partial charge on any atom is 0.0118 e. The smallest absolute Gasteiger partial charge is 0.0118 e. The molecular weight excluding hydrogens is 130 g/mol. The summed E-state index contributed by atoms with van der Waals surface area (Å²) in [6.45, 7) is 4.91. The van der Waals surface area contributed by atoms with Crippen LogP contribution >= 0.6 is 11.9 Å². The highest BCUT2D eigenvalue weighted by Gasteiger charge is 2.19. The van der Waals surface area contributed by atoms with E-state index in [9.17, 15) is 0 Å². The third-order valence-electron chi connectivity index (χ3n) is 2.08. The van der Waals surface area contributed by atoms with E-state index in [1.807, 2.05) is 11.9 Å². The van der Waals surface area contributed by atoms with Crippen LogP contribution in [0.5, 0.6) is 0 Å². The molecule has 1 atom stereocenters. The van der Waals surface area contributed by atoms with Crippen molar-refractivity contribution in [2.24, 2.45) is 5.92 Å². The summed E-state index contributed by atoms with van der Waals surface area (Å²) in [5, 5.41) is 0. The highest BCUT2D eigenvalue weighted by atomic mass is 32.2. The summed E-state index contributed by atoms with van der Waals surface area (Å²) < 4.78 is 2.45. The van der Waals surface area contributed by atoms with Crippen molar-refractivity contribution >= 4 is 11.9 Å². The SMILES string of the molecule is CCC1CCN(SC)C1. The van der Waals surface area contributed by atoms with Gasteiger partial charge in [0.05, 0.1) is 0 Å². The minimum Gasteiger partial charge on any atom is -0.251 e. The molecule has 1 aliphatic rings. The minimum atomic E-state index is 0.984. The molecule has 54 valence electrons. The first kappa shape index (κ1) is 7.42. The first-order valence-corrected chi connectivity index (χ1v) is 4.84. The van der Waals surface area contributed by atoms with Gasteiger partial charge in [0.25, 0.3) is 0 Å². The average Bonchev–Trinajstić information content (AvgIpc) is 2.34. The molecule has 0 radical (unpaired) electrons. The highest BCUT2D eigenvalue weighted by Crippen LogP contribution is 2.23. The molecule has 1 saturated heterocycles. The normalized spacial score (nSPS) is 29.3. The van der Waals surface area contributed by atoms with E-state index in [1.54, 1.807) is 0 Å². The largest absolute Gasteiger partial charge is 0.251 e. The van der Waals surface area contributed by atoms with E-state index in [1.165, 1.54) is 25.9 Å². The molecule has 1 rings (SSSR count). The fourth-order valence-electron chi connectivity index (χ4n) is 1.30. The van der Waals surface area contributed by atoms with Crippen molar-refractivity contribution < 1.29 is 0 Å². The molecule has 0 amide bonds. The van der Waals surface area contributed by atoms with Gasteiger partial charge in [-0.15, -0.1) is 0 Å². The van der Waals surface area contributed by atoms with Crippen molar-refractivity contribution in [3.63, 3.8) is 0 Å². The minimum absolute atomic E-state index is 0.984. The number of hydrogen-bond acceptors (Lipinski definition) is 2. The van der Waals surface area contributed by atoms with E-state index in [0.717, 1.165) is 5.92 Å². The maximum atomic E-state index is 2.45. The second kappa shape index (κ2) is 3.47. The molecule has 1 nitrogen and oxygen atoms in total. The van der Waals surface area contributed by atoms with Gasteiger partial charge >= 0.3 is 0 Å². The molecule has 9 heavy (non-hydrogen) atoms. The van der Waals surface area contributed by atoms with Gasteiger partial charge in [-0.2, -0.15) is 0 Å². The Hall–Kier alpha value is 0.310. The van der Waals surface area contributed by atoms with Crippen molar-refractivity contribution in [1.82, 2.24) is 4.31 Å². The predicted molar refractivity (Wildman–Crippen MR) is 43.5 cm³/mol. The standard InChI is InChI=1S/C7H15NS/c1-3-7-4-5-8(6-7)9-2/h7H,3-6H2,1-2H3. The monoisotopic (exact) mass is 145 g/mol. The Kier molecular flexibility index (Phi) is 2.86. The van der Waals surface area contributed by atoms with Gasteiger partial charge in [0, 0.05) is 13.1 Å². The fourth-order valence-corrected chi connectivity index (χ4v) is 1.94. The van der Waals surface area contributed by atoms with E-state index >= 15 is 0 Å². The van der Waals surface area contributed by atoms with Crippen LogP contribution in [0.3, 0.4) is 0 Å². The first-order chi connectivity index (χ1) is 4.36. The Balaban J connectivity index is 2.20. The van der Waals surface area contributed by atoms with Gasteiger partial charge in [-0.25, -0.2) is 0 Å². The molecule has 0 aliphatic carbocycles. The van der Waals surface area contributed by atoms with Crippen LogP contribution in [0.25, 0.3) is 0 Å². The predicted octanol–water partition coefficient (Wildman–Crippen LogP) is 2.00. The van der Waals surface area contributed by atoms with Crippen LogP contribution in [0.2, 0.25) is 0 Å². The summed E-state index contributed by atoms with van der Waals surface area (Å²) in [5.74, 6) is 0.984. The molecule has 0 aromatic rings. The number of rotatable bonds is 2. The molecule has 0 saturated carbocycles. The summed E-state index contributed by atoms with van der Waals surface area (Å²) in [6, 6.07) is 0. The summed E-state index contributed by atoms with van der Waals surface area (Å²) in [5.41, 5.74) is 0. The van der Waals surface area contributed by atoms with E-state index in [2.05, 4.69) is 17.5 Å². The lowest BCUT2D eigenvalue weighted by atomic mass is 10.1. The fraction of sp³-hybridized carbons (Fsp3) is 1.00. The Bertz CT molecular complexity index is 75.0. The van der Waals surface area contributed by atoms with Crippen molar-refractivity contribution in [2.45, 2.75) is 19.8 Å². The highest BCUT2D eigenvalue weighted by molar-refractivity contribution is 7.96. The Morgan fingerprint density at radius 3 is 2.78 bits per heavy atom. The molecule has 1 heterocycles. The van der Waals surface area contributed by atoms with E-state index in [4.69, 9.17) is 0 Å². The second-order valence-electron chi connectivity index (χ2n) is 2.63. The van der Waals surface area contributed by atoms with Gasteiger partial charge < -0.3 is 0 Å². The molecule has 1 unspecified atom stereocenters. The first-order valence-electron chi connectivity index (χ1n) is 3.66. The van der Waals surface area contributed by atoms with E-state index in [0.29, 0.717) is 0 Å². The number of hydrogen-bond donors (Lipinski definition) is 0. The van der Waals surface area contributed by atoms with Gasteiger partial charge in [0.1, 0.15) is 0 Å². The zero-order valence-corrected chi connectivity index (χ0v) is 7.08. The third kappa shape index (κ3) is 1.87. The zero-order chi connectivity index (χ0) is 6.69. The van der Waals surface area contributed by atoms with Crippen molar-refractivity contribution in [3.05, 3.63) is 0 Å². The molecule has 0 aromatic carbocycles. The summed E-state index contributed by atoms with van der Waals surface area (Å²) >= 11 is 1.88. The van der Waals surface area contributed by atoms with Crippen molar-refractivity contribution in [1.29, 1.82) is 0 Å². The van der Waals surface area contributed by atoms with Gasteiger partial charge in [0.2, 0.25) is 0 Å². The van der Waals surface area contributed by atoms with Crippen LogP contribution in [0, 0.1) is 5.92 Å². The van der Waals surface area contributed by atoms with Crippen LogP contribution in [0.4, 0.5) is 0 Å². The molecule has 1 aliphatic heterocycles. The Labute approximate surface area is 61.9 Å². The van der Waals surface area contributed by atoms with Gasteiger partial charge in [0.15, 0.2) is 0 Å². The summed E-state index contributed by atoms with van der Waals surface area (Å²) in [4.78, 5) is 0. The average molecular weight is 145 g/mol. The van der Waals surface area contributed by atoms with Gasteiger partial charge in [-0.1, -0.05) is 25.3 Å². The second-order valence-corrected chi connectivity index (χ2v) is 3.52. The van der Waals surface area contributed by atoms with Gasteiger partial charge in [-0.3, -0.25) is 4.31 Å². The Morgan fingerprint density at radius 2 is 2.44 bits per heavy atom. The lowest BCUT2D eigenvalue weighted by molar-refractivity contribution is 0.512. The molecule has 1 fully saturated rings. The molecule has 0 N–H and O–H groups in total. The molecular formula is C7H15NS. The van der Waals surface area contributed by atoms with Crippen molar-refractivity contribution in [2.75, 3.05) is 19.3 Å². The lowest BCUT2D eigenvalue weighted by Crippen LogP contribution is -2.10. The molecule has 0 aromatic heterocycles. The number of nitrogens with zero attached hydrogens (tertiary/aromatic N) is 1. The Morgan fingerprint density at radius 1 is 1.67 bits per heavy atom. The molecule has 0 bridgehead atoms. The maximum absolute atomic E-state index is 2.45. The molecule has 2 heteroatoms. The van der Waals surface area contributed by atoms with Crippen LogP contribution in [0.1, 0.15) is 19.8 Å². The summed E-state index contributed by atoms with van der Waals surface area (Å²) in [7, 11) is 0. The third-order valence-corrected chi connectivity index (χ3v) is 2.93. The quantitative estimate of drug-likeness (QED) is 0.547. The van der Waals surface area contributed by atoms with Crippen molar-refractivity contribution in [3.8, 4) is 0 Å². The van der Waals surface area contributed by atoms with Crippen LogP contribution < -0.4 is 0 Å². The van der Waals surface area contributed by atoms with Crippen LogP contribution in [-0.4, -0.2) is 23.7 Å². The molecule has 0 spiro atoms. The lowest BCUT2D eigenvalue weighted by Gasteiger charge is -2.09. The zero-order valence-electron chi connectivity index (χ0n) is 6.26.